The fourth-order valence-electron chi connectivity index (χ4n) is 3.05. The van der Waals surface area contributed by atoms with Gasteiger partial charge in [-0.3, -0.25) is 4.79 Å². The van der Waals surface area contributed by atoms with E-state index < -0.39 is 0 Å². The molecule has 1 aliphatic rings. The number of amides is 1. The van der Waals surface area contributed by atoms with Crippen LogP contribution in [0, 0.1) is 0 Å². The Kier molecular flexibility index (Phi) is 6.41. The van der Waals surface area contributed by atoms with E-state index in [4.69, 9.17) is 32.7 Å². The maximum atomic E-state index is 12.7. The summed E-state index contributed by atoms with van der Waals surface area (Å²) in [4.78, 5) is 14.5. The number of piperidine rings is 1. The number of hydrogen-bond acceptors (Lipinski definition) is 3. The fraction of sp³-hybridized carbons (Fsp3) is 0.350. The minimum absolute atomic E-state index is 0.0154. The van der Waals surface area contributed by atoms with Crippen LogP contribution in [0.4, 0.5) is 0 Å². The maximum absolute atomic E-state index is 12.7. The molecule has 1 heterocycles. The van der Waals surface area contributed by atoms with E-state index in [-0.39, 0.29) is 12.0 Å². The number of hydrogen-bond donors (Lipinski definition) is 0. The van der Waals surface area contributed by atoms with E-state index >= 15 is 0 Å². The van der Waals surface area contributed by atoms with Crippen molar-refractivity contribution >= 4 is 29.1 Å². The highest BCUT2D eigenvalue weighted by atomic mass is 35.5. The SMILES string of the molecule is COc1cccc(COC2CCCN(C(=O)c3ccc(Cl)c(Cl)c3)C2)c1. The van der Waals surface area contributed by atoms with Crippen molar-refractivity contribution in [2.45, 2.75) is 25.6 Å². The molecule has 1 aliphatic heterocycles. The molecule has 1 amide bonds. The predicted molar refractivity (Wildman–Crippen MR) is 103 cm³/mol. The van der Waals surface area contributed by atoms with Gasteiger partial charge in [0.15, 0.2) is 0 Å². The molecule has 3 rings (SSSR count). The third-order valence-electron chi connectivity index (χ3n) is 4.45. The Hall–Kier alpha value is -1.75. The summed E-state index contributed by atoms with van der Waals surface area (Å²) in [6, 6.07) is 12.8. The van der Waals surface area contributed by atoms with Gasteiger partial charge in [-0.25, -0.2) is 0 Å². The number of carbonyl (C=O) groups excluding carboxylic acids is 1. The molecular formula is C20H21Cl2NO3. The number of benzene rings is 2. The summed E-state index contributed by atoms with van der Waals surface area (Å²) in [7, 11) is 1.65. The van der Waals surface area contributed by atoms with Crippen molar-refractivity contribution in [2.24, 2.45) is 0 Å². The van der Waals surface area contributed by atoms with Crippen molar-refractivity contribution in [1.29, 1.82) is 0 Å². The molecule has 1 atom stereocenters. The van der Waals surface area contributed by atoms with Gasteiger partial charge < -0.3 is 14.4 Å². The van der Waals surface area contributed by atoms with Gasteiger partial charge in [0.25, 0.3) is 5.91 Å². The van der Waals surface area contributed by atoms with Crippen LogP contribution in [0.25, 0.3) is 0 Å². The van der Waals surface area contributed by atoms with Crippen LogP contribution in [-0.2, 0) is 11.3 Å². The first-order valence-corrected chi connectivity index (χ1v) is 9.31. The van der Waals surface area contributed by atoms with Gasteiger partial charge in [-0.1, -0.05) is 35.3 Å². The lowest BCUT2D eigenvalue weighted by atomic mass is 10.1. The molecule has 138 valence electrons. The molecule has 0 saturated carbocycles. The van der Waals surface area contributed by atoms with Gasteiger partial charge in [-0.2, -0.15) is 0 Å². The smallest absolute Gasteiger partial charge is 0.253 e. The first kappa shape index (κ1) is 19.0. The first-order chi connectivity index (χ1) is 12.6. The van der Waals surface area contributed by atoms with Crippen molar-refractivity contribution in [3.63, 3.8) is 0 Å². The Labute approximate surface area is 163 Å². The van der Waals surface area contributed by atoms with Crippen LogP contribution < -0.4 is 4.74 Å². The van der Waals surface area contributed by atoms with Crippen LogP contribution in [-0.4, -0.2) is 37.1 Å². The van der Waals surface area contributed by atoms with Gasteiger partial charge in [0.1, 0.15) is 5.75 Å². The molecule has 4 nitrogen and oxygen atoms in total. The molecule has 2 aromatic carbocycles. The summed E-state index contributed by atoms with van der Waals surface area (Å²) in [5.41, 5.74) is 1.60. The van der Waals surface area contributed by atoms with Crippen LogP contribution in [0.3, 0.4) is 0 Å². The first-order valence-electron chi connectivity index (χ1n) is 8.55. The van der Waals surface area contributed by atoms with Crippen molar-refractivity contribution in [3.05, 3.63) is 63.6 Å². The molecule has 1 unspecified atom stereocenters. The van der Waals surface area contributed by atoms with E-state index in [1.807, 2.05) is 29.2 Å². The predicted octanol–water partition coefficient (Wildman–Crippen LogP) is 4.82. The monoisotopic (exact) mass is 393 g/mol. The normalized spacial score (nSPS) is 17.2. The van der Waals surface area contributed by atoms with Gasteiger partial charge in [-0.05, 0) is 48.7 Å². The molecule has 0 aliphatic carbocycles. The topological polar surface area (TPSA) is 38.8 Å². The Morgan fingerprint density at radius 3 is 2.81 bits per heavy atom. The van der Waals surface area contributed by atoms with Gasteiger partial charge in [0.05, 0.1) is 29.9 Å². The van der Waals surface area contributed by atoms with Gasteiger partial charge in [0, 0.05) is 18.7 Å². The second-order valence-electron chi connectivity index (χ2n) is 6.31. The lowest BCUT2D eigenvalue weighted by Crippen LogP contribution is -2.43. The average molecular weight is 394 g/mol. The molecule has 1 saturated heterocycles. The van der Waals surface area contributed by atoms with Crippen molar-refractivity contribution < 1.29 is 14.3 Å². The zero-order valence-electron chi connectivity index (χ0n) is 14.6. The molecular weight excluding hydrogens is 373 g/mol. The third kappa shape index (κ3) is 4.70. The Morgan fingerprint density at radius 2 is 2.04 bits per heavy atom. The third-order valence-corrected chi connectivity index (χ3v) is 5.19. The minimum atomic E-state index is -0.0433. The van der Waals surface area contributed by atoms with E-state index in [0.717, 1.165) is 30.7 Å². The second-order valence-corrected chi connectivity index (χ2v) is 7.12. The summed E-state index contributed by atoms with van der Waals surface area (Å²) in [5.74, 6) is 0.768. The zero-order valence-corrected chi connectivity index (χ0v) is 16.1. The summed E-state index contributed by atoms with van der Waals surface area (Å²) in [5, 5.41) is 0.835. The number of methoxy groups -OCH3 is 1. The van der Waals surface area contributed by atoms with Crippen LogP contribution in [0.1, 0.15) is 28.8 Å². The summed E-state index contributed by atoms with van der Waals surface area (Å²) in [6.45, 7) is 1.79. The van der Waals surface area contributed by atoms with Gasteiger partial charge in [-0.15, -0.1) is 0 Å². The van der Waals surface area contributed by atoms with Crippen molar-refractivity contribution in [1.82, 2.24) is 4.90 Å². The molecule has 1 fully saturated rings. The Balaban J connectivity index is 1.59. The highest BCUT2D eigenvalue weighted by molar-refractivity contribution is 6.42. The number of likely N-dealkylation sites (tertiary alicyclic amines) is 1. The minimum Gasteiger partial charge on any atom is -0.497 e. The van der Waals surface area contributed by atoms with E-state index in [1.54, 1.807) is 25.3 Å². The second kappa shape index (κ2) is 8.76. The lowest BCUT2D eigenvalue weighted by Gasteiger charge is -2.33. The zero-order chi connectivity index (χ0) is 18.5. The van der Waals surface area contributed by atoms with E-state index in [2.05, 4.69) is 0 Å². The van der Waals surface area contributed by atoms with E-state index in [0.29, 0.717) is 28.8 Å². The standard InChI is InChI=1S/C20H21Cl2NO3/c1-25-16-5-2-4-14(10-16)13-26-17-6-3-9-23(12-17)20(24)15-7-8-18(21)19(22)11-15/h2,4-5,7-8,10-11,17H,3,6,9,12-13H2,1H3. The number of nitrogens with zero attached hydrogens (tertiary/aromatic N) is 1. The molecule has 2 aromatic rings. The Bertz CT molecular complexity index is 781. The van der Waals surface area contributed by atoms with Crippen LogP contribution in [0.2, 0.25) is 10.0 Å². The molecule has 0 spiro atoms. The van der Waals surface area contributed by atoms with Crippen LogP contribution in [0.5, 0.6) is 5.75 Å². The van der Waals surface area contributed by atoms with Crippen LogP contribution >= 0.6 is 23.2 Å². The largest absolute Gasteiger partial charge is 0.497 e. The van der Waals surface area contributed by atoms with Crippen LogP contribution in [0.15, 0.2) is 42.5 Å². The fourth-order valence-corrected chi connectivity index (χ4v) is 3.34. The molecule has 0 radical (unpaired) electrons. The number of carbonyl (C=O) groups is 1. The Morgan fingerprint density at radius 1 is 1.19 bits per heavy atom. The number of halogens is 2. The molecule has 26 heavy (non-hydrogen) atoms. The highest BCUT2D eigenvalue weighted by Crippen LogP contribution is 2.24. The summed E-state index contributed by atoms with van der Waals surface area (Å²) in [6.07, 6.45) is 1.87. The number of rotatable bonds is 5. The molecule has 0 aromatic heterocycles. The molecule has 0 bridgehead atoms. The molecule has 0 N–H and O–H groups in total. The summed E-state index contributed by atoms with van der Waals surface area (Å²) >= 11 is 12.0. The van der Waals surface area contributed by atoms with E-state index in [9.17, 15) is 4.79 Å². The number of ether oxygens (including phenoxy) is 2. The quantitative estimate of drug-likeness (QED) is 0.730. The van der Waals surface area contributed by atoms with Crippen molar-refractivity contribution in [3.8, 4) is 5.75 Å². The summed E-state index contributed by atoms with van der Waals surface area (Å²) < 4.78 is 11.3. The average Bonchev–Trinajstić information content (AvgIpc) is 2.68. The van der Waals surface area contributed by atoms with Crippen molar-refractivity contribution in [2.75, 3.05) is 20.2 Å². The van der Waals surface area contributed by atoms with E-state index in [1.165, 1.54) is 0 Å². The lowest BCUT2D eigenvalue weighted by molar-refractivity contribution is -0.00676. The van der Waals surface area contributed by atoms with Gasteiger partial charge in [0.2, 0.25) is 0 Å². The highest BCUT2D eigenvalue weighted by Gasteiger charge is 2.25. The molecule has 6 heteroatoms. The van der Waals surface area contributed by atoms with Gasteiger partial charge >= 0.3 is 0 Å². The maximum Gasteiger partial charge on any atom is 0.253 e.